The Morgan fingerprint density at radius 1 is 1.27 bits per heavy atom. The SMILES string of the molecule is COC(=O)C[C@H](c1oc(C)cc(=O)c1O)c1coc2ccccc2c1=O. The minimum atomic E-state index is -1.03. The summed E-state index contributed by atoms with van der Waals surface area (Å²) in [6.45, 7) is 1.53. The van der Waals surface area contributed by atoms with Crippen LogP contribution in [0, 0.1) is 6.92 Å². The minimum Gasteiger partial charge on any atom is -0.502 e. The second-order valence-corrected chi connectivity index (χ2v) is 5.78. The molecule has 0 saturated carbocycles. The van der Waals surface area contributed by atoms with E-state index in [2.05, 4.69) is 4.74 Å². The summed E-state index contributed by atoms with van der Waals surface area (Å²) in [5.74, 6) is -2.26. The van der Waals surface area contributed by atoms with Crippen molar-refractivity contribution < 1.29 is 23.5 Å². The lowest BCUT2D eigenvalue weighted by Gasteiger charge is -2.16. The Hall–Kier alpha value is -3.35. The van der Waals surface area contributed by atoms with Gasteiger partial charge in [-0.1, -0.05) is 12.1 Å². The highest BCUT2D eigenvalue weighted by Crippen LogP contribution is 2.32. The van der Waals surface area contributed by atoms with Crippen LogP contribution >= 0.6 is 0 Å². The van der Waals surface area contributed by atoms with Crippen LogP contribution in [-0.2, 0) is 9.53 Å². The van der Waals surface area contributed by atoms with E-state index in [-0.39, 0.29) is 28.9 Å². The van der Waals surface area contributed by atoms with Gasteiger partial charge in [0.1, 0.15) is 11.3 Å². The number of aromatic hydroxyl groups is 1. The van der Waals surface area contributed by atoms with Crippen LogP contribution in [0.1, 0.15) is 29.4 Å². The van der Waals surface area contributed by atoms with E-state index < -0.39 is 23.1 Å². The topological polar surface area (TPSA) is 107 Å². The van der Waals surface area contributed by atoms with Crippen molar-refractivity contribution in [3.05, 3.63) is 74.1 Å². The quantitative estimate of drug-likeness (QED) is 0.716. The van der Waals surface area contributed by atoms with Gasteiger partial charge in [-0.15, -0.1) is 0 Å². The predicted molar refractivity (Wildman–Crippen MR) is 92.3 cm³/mol. The Morgan fingerprint density at radius 3 is 2.73 bits per heavy atom. The van der Waals surface area contributed by atoms with Crippen LogP contribution in [-0.4, -0.2) is 18.2 Å². The third kappa shape index (κ3) is 3.11. The molecule has 2 aromatic heterocycles. The van der Waals surface area contributed by atoms with Gasteiger partial charge in [-0.05, 0) is 19.1 Å². The first-order chi connectivity index (χ1) is 12.4. The average Bonchev–Trinajstić information content (AvgIpc) is 2.63. The molecule has 0 spiro atoms. The second-order valence-electron chi connectivity index (χ2n) is 5.78. The molecule has 7 heteroatoms. The number of esters is 1. The Balaban J connectivity index is 2.26. The molecule has 26 heavy (non-hydrogen) atoms. The third-order valence-electron chi connectivity index (χ3n) is 4.07. The van der Waals surface area contributed by atoms with Gasteiger partial charge in [-0.2, -0.15) is 0 Å². The Kier molecular flexibility index (Phi) is 4.62. The molecule has 7 nitrogen and oxygen atoms in total. The number of carbonyl (C=O) groups is 1. The molecule has 0 aliphatic rings. The number of hydrogen-bond donors (Lipinski definition) is 1. The molecule has 0 unspecified atom stereocenters. The van der Waals surface area contributed by atoms with Crippen molar-refractivity contribution in [1.29, 1.82) is 0 Å². The van der Waals surface area contributed by atoms with E-state index in [0.29, 0.717) is 11.0 Å². The molecule has 1 N–H and O–H groups in total. The fraction of sp³-hybridized carbons (Fsp3) is 0.211. The van der Waals surface area contributed by atoms with Crippen molar-refractivity contribution in [2.45, 2.75) is 19.3 Å². The van der Waals surface area contributed by atoms with E-state index in [9.17, 15) is 19.5 Å². The maximum atomic E-state index is 12.9. The zero-order chi connectivity index (χ0) is 18.8. The van der Waals surface area contributed by atoms with Gasteiger partial charge >= 0.3 is 5.97 Å². The van der Waals surface area contributed by atoms with E-state index in [1.54, 1.807) is 24.3 Å². The first-order valence-electron chi connectivity index (χ1n) is 7.83. The number of hydrogen-bond acceptors (Lipinski definition) is 7. The number of fused-ring (bicyclic) bond motifs is 1. The Labute approximate surface area is 147 Å². The lowest BCUT2D eigenvalue weighted by Crippen LogP contribution is -2.19. The number of aryl methyl sites for hydroxylation is 1. The molecule has 0 aliphatic carbocycles. The van der Waals surface area contributed by atoms with Crippen molar-refractivity contribution in [2.24, 2.45) is 0 Å². The minimum absolute atomic E-state index is 0.0816. The summed E-state index contributed by atoms with van der Waals surface area (Å²) in [5, 5.41) is 10.5. The van der Waals surface area contributed by atoms with E-state index >= 15 is 0 Å². The first-order valence-corrected chi connectivity index (χ1v) is 7.83. The maximum Gasteiger partial charge on any atom is 0.306 e. The van der Waals surface area contributed by atoms with Crippen LogP contribution in [0.4, 0.5) is 0 Å². The third-order valence-corrected chi connectivity index (χ3v) is 4.07. The molecule has 0 aliphatic heterocycles. The van der Waals surface area contributed by atoms with Crippen LogP contribution in [0.2, 0.25) is 0 Å². The normalized spacial score (nSPS) is 12.1. The molecule has 1 atom stereocenters. The molecular weight excluding hydrogens is 340 g/mol. The molecule has 1 aromatic carbocycles. The summed E-state index contributed by atoms with van der Waals surface area (Å²) < 4.78 is 15.6. The van der Waals surface area contributed by atoms with Gasteiger partial charge in [0.05, 0.1) is 31.1 Å². The fourth-order valence-electron chi connectivity index (χ4n) is 2.79. The summed E-state index contributed by atoms with van der Waals surface area (Å²) in [6.07, 6.45) is 0.902. The molecular formula is C19H16O7. The van der Waals surface area contributed by atoms with Crippen molar-refractivity contribution in [3.8, 4) is 5.75 Å². The second kappa shape index (κ2) is 6.87. The van der Waals surface area contributed by atoms with Gasteiger partial charge in [0.2, 0.25) is 11.2 Å². The number of rotatable bonds is 4. The summed E-state index contributed by atoms with van der Waals surface area (Å²) >= 11 is 0. The lowest BCUT2D eigenvalue weighted by molar-refractivity contribution is -0.140. The molecule has 3 rings (SSSR count). The zero-order valence-electron chi connectivity index (χ0n) is 14.1. The van der Waals surface area contributed by atoms with E-state index in [1.807, 2.05) is 0 Å². The number of ether oxygens (including phenoxy) is 1. The largest absolute Gasteiger partial charge is 0.502 e. The van der Waals surface area contributed by atoms with Gasteiger partial charge in [0.15, 0.2) is 11.2 Å². The summed E-state index contributed by atoms with van der Waals surface area (Å²) in [6, 6.07) is 7.76. The smallest absolute Gasteiger partial charge is 0.306 e. The summed E-state index contributed by atoms with van der Waals surface area (Å²) in [5.41, 5.74) is -0.584. The number of carbonyl (C=O) groups excluding carboxylic acids is 1. The summed E-state index contributed by atoms with van der Waals surface area (Å²) in [4.78, 5) is 36.7. The molecule has 0 fully saturated rings. The van der Waals surface area contributed by atoms with Crippen molar-refractivity contribution in [2.75, 3.05) is 7.11 Å². The Morgan fingerprint density at radius 2 is 2.00 bits per heavy atom. The van der Waals surface area contributed by atoms with Crippen LogP contribution in [0.15, 0.2) is 55.0 Å². The molecule has 0 bridgehead atoms. The highest BCUT2D eigenvalue weighted by atomic mass is 16.5. The number of para-hydroxylation sites is 1. The monoisotopic (exact) mass is 356 g/mol. The van der Waals surface area contributed by atoms with Crippen molar-refractivity contribution >= 4 is 16.9 Å². The molecule has 3 aromatic rings. The predicted octanol–water partition coefficient (Wildman–Crippen LogP) is 2.46. The van der Waals surface area contributed by atoms with Crippen LogP contribution < -0.4 is 10.9 Å². The highest BCUT2D eigenvalue weighted by molar-refractivity contribution is 5.77. The number of methoxy groups -OCH3 is 1. The lowest BCUT2D eigenvalue weighted by atomic mass is 9.92. The van der Waals surface area contributed by atoms with Crippen LogP contribution in [0.5, 0.6) is 5.75 Å². The molecule has 0 saturated heterocycles. The summed E-state index contributed by atoms with van der Waals surface area (Å²) in [7, 11) is 1.20. The average molecular weight is 356 g/mol. The van der Waals surface area contributed by atoms with E-state index in [1.165, 1.54) is 20.3 Å². The van der Waals surface area contributed by atoms with Gasteiger partial charge < -0.3 is 18.7 Å². The molecule has 2 heterocycles. The molecule has 0 radical (unpaired) electrons. The van der Waals surface area contributed by atoms with Gasteiger partial charge in [-0.25, -0.2) is 0 Å². The van der Waals surface area contributed by atoms with E-state index in [0.717, 1.165) is 6.07 Å². The van der Waals surface area contributed by atoms with Crippen LogP contribution in [0.3, 0.4) is 0 Å². The van der Waals surface area contributed by atoms with Crippen molar-refractivity contribution in [1.82, 2.24) is 0 Å². The fourth-order valence-corrected chi connectivity index (χ4v) is 2.79. The van der Waals surface area contributed by atoms with Gasteiger partial charge in [0.25, 0.3) is 0 Å². The first kappa shape index (κ1) is 17.5. The standard InChI is InChI=1S/C19H16O7/c1-10-7-14(20)18(23)19(26-10)12(8-16(21)24-2)13-9-25-15-6-4-3-5-11(15)17(13)22/h3-7,9,12,23H,8H2,1-2H3/t12-/m0/s1. The van der Waals surface area contributed by atoms with Crippen molar-refractivity contribution in [3.63, 3.8) is 0 Å². The Bertz CT molecular complexity index is 1090. The molecule has 0 amide bonds. The van der Waals surface area contributed by atoms with Gasteiger partial charge in [0, 0.05) is 11.6 Å². The highest BCUT2D eigenvalue weighted by Gasteiger charge is 2.29. The van der Waals surface area contributed by atoms with Crippen LogP contribution in [0.25, 0.3) is 11.0 Å². The number of benzene rings is 1. The zero-order valence-corrected chi connectivity index (χ0v) is 14.1. The molecule has 134 valence electrons. The van der Waals surface area contributed by atoms with Gasteiger partial charge in [-0.3, -0.25) is 14.4 Å². The maximum absolute atomic E-state index is 12.9. The van der Waals surface area contributed by atoms with E-state index in [4.69, 9.17) is 8.83 Å².